The van der Waals surface area contributed by atoms with Gasteiger partial charge in [-0.25, -0.2) is 0 Å². The first kappa shape index (κ1) is 13.5. The standard InChI is InChI=1S/C16H10O4/c17-7-12-6-13(11-4-2-1-3-5-11)15(9-19)16(10-20)14(12)8-18/h1-10H. The first-order chi connectivity index (χ1) is 9.76. The average Bonchev–Trinajstić information content (AvgIpc) is 2.53. The molecule has 20 heavy (non-hydrogen) atoms. The lowest BCUT2D eigenvalue weighted by atomic mass is 9.90. The topological polar surface area (TPSA) is 68.3 Å². The SMILES string of the molecule is O=Cc1cc(-c2ccccc2)c(C=O)c(C=O)c1C=O. The van der Waals surface area contributed by atoms with E-state index in [0.717, 1.165) is 0 Å². The lowest BCUT2D eigenvalue weighted by molar-refractivity contribution is 0.107. The van der Waals surface area contributed by atoms with Crippen LogP contribution in [-0.4, -0.2) is 25.1 Å². The van der Waals surface area contributed by atoms with E-state index in [-0.39, 0.29) is 22.3 Å². The molecule has 98 valence electrons. The van der Waals surface area contributed by atoms with Crippen LogP contribution in [0.25, 0.3) is 11.1 Å². The van der Waals surface area contributed by atoms with E-state index >= 15 is 0 Å². The van der Waals surface area contributed by atoms with Crippen LogP contribution in [0, 0.1) is 0 Å². The van der Waals surface area contributed by atoms with Gasteiger partial charge < -0.3 is 0 Å². The maximum absolute atomic E-state index is 11.3. The van der Waals surface area contributed by atoms with Crippen LogP contribution in [0.2, 0.25) is 0 Å². The third kappa shape index (κ3) is 2.19. The molecule has 0 atom stereocenters. The second-order valence-corrected chi connectivity index (χ2v) is 4.09. The summed E-state index contributed by atoms with van der Waals surface area (Å²) in [5.74, 6) is 0. The van der Waals surface area contributed by atoms with Crippen molar-refractivity contribution in [1.82, 2.24) is 0 Å². The van der Waals surface area contributed by atoms with E-state index in [2.05, 4.69) is 0 Å². The van der Waals surface area contributed by atoms with E-state index in [9.17, 15) is 19.2 Å². The zero-order chi connectivity index (χ0) is 14.5. The molecule has 0 N–H and O–H groups in total. The smallest absolute Gasteiger partial charge is 0.151 e. The highest BCUT2D eigenvalue weighted by molar-refractivity contribution is 6.07. The van der Waals surface area contributed by atoms with Gasteiger partial charge >= 0.3 is 0 Å². The lowest BCUT2D eigenvalue weighted by Gasteiger charge is -2.11. The fraction of sp³-hybridized carbons (Fsp3) is 0. The predicted molar refractivity (Wildman–Crippen MR) is 73.4 cm³/mol. The molecule has 0 heterocycles. The summed E-state index contributed by atoms with van der Waals surface area (Å²) >= 11 is 0. The van der Waals surface area contributed by atoms with Gasteiger partial charge in [-0.15, -0.1) is 0 Å². The van der Waals surface area contributed by atoms with E-state index < -0.39 is 0 Å². The van der Waals surface area contributed by atoms with Gasteiger partial charge in [0.15, 0.2) is 25.1 Å². The van der Waals surface area contributed by atoms with Crippen molar-refractivity contribution in [3.63, 3.8) is 0 Å². The van der Waals surface area contributed by atoms with Gasteiger partial charge in [-0.2, -0.15) is 0 Å². The predicted octanol–water partition coefficient (Wildman–Crippen LogP) is 2.60. The third-order valence-corrected chi connectivity index (χ3v) is 3.05. The first-order valence-electron chi connectivity index (χ1n) is 5.84. The third-order valence-electron chi connectivity index (χ3n) is 3.05. The minimum absolute atomic E-state index is 0.0570. The van der Waals surface area contributed by atoms with Crippen LogP contribution in [0.5, 0.6) is 0 Å². The molecule has 0 aliphatic carbocycles. The number of benzene rings is 2. The molecule has 0 bridgehead atoms. The number of rotatable bonds is 5. The van der Waals surface area contributed by atoms with E-state index in [4.69, 9.17) is 0 Å². The van der Waals surface area contributed by atoms with Gasteiger partial charge in [-0.1, -0.05) is 30.3 Å². The fourth-order valence-corrected chi connectivity index (χ4v) is 2.10. The van der Waals surface area contributed by atoms with Crippen molar-refractivity contribution in [2.24, 2.45) is 0 Å². The summed E-state index contributed by atoms with van der Waals surface area (Å²) in [6.07, 6.45) is 1.85. The van der Waals surface area contributed by atoms with Crippen LogP contribution in [0.4, 0.5) is 0 Å². The van der Waals surface area contributed by atoms with E-state index in [1.807, 2.05) is 6.07 Å². The molecule has 2 rings (SSSR count). The molecule has 0 amide bonds. The van der Waals surface area contributed by atoms with Crippen molar-refractivity contribution in [3.8, 4) is 11.1 Å². The van der Waals surface area contributed by atoms with Crippen molar-refractivity contribution in [2.45, 2.75) is 0 Å². The molecule has 4 heteroatoms. The van der Waals surface area contributed by atoms with Gasteiger partial charge in [0, 0.05) is 22.3 Å². The molecular formula is C16H10O4. The largest absolute Gasteiger partial charge is 0.298 e. The van der Waals surface area contributed by atoms with Gasteiger partial charge in [0.2, 0.25) is 0 Å². The Hall–Kier alpha value is -2.88. The number of hydrogen-bond donors (Lipinski definition) is 0. The summed E-state index contributed by atoms with van der Waals surface area (Å²) in [7, 11) is 0. The second-order valence-electron chi connectivity index (χ2n) is 4.09. The van der Waals surface area contributed by atoms with Gasteiger partial charge in [-0.05, 0) is 17.2 Å². The average molecular weight is 266 g/mol. The minimum Gasteiger partial charge on any atom is -0.298 e. The molecule has 2 aromatic carbocycles. The second kappa shape index (κ2) is 5.84. The Bertz CT molecular complexity index is 687. The van der Waals surface area contributed by atoms with Crippen molar-refractivity contribution in [1.29, 1.82) is 0 Å². The Balaban J connectivity index is 2.88. The number of carbonyl (C=O) groups is 4. The summed E-state index contributed by atoms with van der Waals surface area (Å²) in [4.78, 5) is 44.6. The molecule has 0 radical (unpaired) electrons. The van der Waals surface area contributed by atoms with Crippen LogP contribution in [0.3, 0.4) is 0 Å². The Morgan fingerprint density at radius 2 is 1.25 bits per heavy atom. The molecule has 4 nitrogen and oxygen atoms in total. The van der Waals surface area contributed by atoms with E-state index in [1.54, 1.807) is 24.3 Å². The van der Waals surface area contributed by atoms with Crippen molar-refractivity contribution in [3.05, 3.63) is 58.7 Å². The number of hydrogen-bond acceptors (Lipinski definition) is 4. The Labute approximate surface area is 115 Å². The van der Waals surface area contributed by atoms with Gasteiger partial charge in [0.1, 0.15) is 0 Å². The maximum Gasteiger partial charge on any atom is 0.151 e. The molecule has 0 aliphatic rings. The van der Waals surface area contributed by atoms with Crippen LogP contribution in [0.1, 0.15) is 41.4 Å². The normalized spacial score (nSPS) is 9.80. The zero-order valence-corrected chi connectivity index (χ0v) is 10.4. The fourth-order valence-electron chi connectivity index (χ4n) is 2.10. The molecule has 0 aliphatic heterocycles. The highest BCUT2D eigenvalue weighted by atomic mass is 16.1. The van der Waals surface area contributed by atoms with Gasteiger partial charge in [-0.3, -0.25) is 19.2 Å². The molecule has 0 saturated heterocycles. The Kier molecular flexibility index (Phi) is 3.96. The number of aldehydes is 4. The summed E-state index contributed by atoms with van der Waals surface area (Å²) < 4.78 is 0. The molecule has 2 aromatic rings. The van der Waals surface area contributed by atoms with E-state index in [0.29, 0.717) is 36.3 Å². The number of carbonyl (C=O) groups excluding carboxylic acids is 4. The van der Waals surface area contributed by atoms with Gasteiger partial charge in [0.05, 0.1) is 0 Å². The highest BCUT2D eigenvalue weighted by Crippen LogP contribution is 2.28. The molecular weight excluding hydrogens is 256 g/mol. The molecule has 0 spiro atoms. The summed E-state index contributed by atoms with van der Waals surface area (Å²) in [6.45, 7) is 0. The zero-order valence-electron chi connectivity index (χ0n) is 10.4. The molecule has 0 fully saturated rings. The van der Waals surface area contributed by atoms with Crippen molar-refractivity contribution >= 4 is 25.1 Å². The molecule has 0 unspecified atom stereocenters. The van der Waals surface area contributed by atoms with Crippen LogP contribution >= 0.6 is 0 Å². The Morgan fingerprint density at radius 1 is 0.650 bits per heavy atom. The minimum atomic E-state index is -0.0585. The Morgan fingerprint density at radius 3 is 1.75 bits per heavy atom. The quantitative estimate of drug-likeness (QED) is 0.780. The van der Waals surface area contributed by atoms with E-state index in [1.165, 1.54) is 6.07 Å². The van der Waals surface area contributed by atoms with Crippen LogP contribution < -0.4 is 0 Å². The monoisotopic (exact) mass is 266 g/mol. The first-order valence-corrected chi connectivity index (χ1v) is 5.84. The van der Waals surface area contributed by atoms with Gasteiger partial charge in [0.25, 0.3) is 0 Å². The summed E-state index contributed by atoms with van der Waals surface area (Å²) in [5, 5.41) is 0. The van der Waals surface area contributed by atoms with Crippen molar-refractivity contribution in [2.75, 3.05) is 0 Å². The molecule has 0 saturated carbocycles. The van der Waals surface area contributed by atoms with Crippen molar-refractivity contribution < 1.29 is 19.2 Å². The van der Waals surface area contributed by atoms with Crippen LogP contribution in [0.15, 0.2) is 36.4 Å². The maximum atomic E-state index is 11.3. The highest BCUT2D eigenvalue weighted by Gasteiger charge is 2.17. The lowest BCUT2D eigenvalue weighted by Crippen LogP contribution is -2.05. The molecule has 0 aromatic heterocycles. The summed E-state index contributed by atoms with van der Waals surface area (Å²) in [5.41, 5.74) is 1.23. The summed E-state index contributed by atoms with van der Waals surface area (Å²) in [6, 6.07) is 10.3. The van der Waals surface area contributed by atoms with Crippen LogP contribution in [-0.2, 0) is 0 Å².